The lowest BCUT2D eigenvalue weighted by Crippen LogP contribution is -2.28. The third-order valence-electron chi connectivity index (χ3n) is 4.36. The summed E-state index contributed by atoms with van der Waals surface area (Å²) in [6.07, 6.45) is 4.73. The van der Waals surface area contributed by atoms with Gasteiger partial charge in [-0.05, 0) is 53.2 Å². The van der Waals surface area contributed by atoms with Gasteiger partial charge < -0.3 is 4.42 Å². The van der Waals surface area contributed by atoms with Gasteiger partial charge in [-0.15, -0.1) is 5.10 Å². The molecule has 0 unspecified atom stereocenters. The molecule has 0 atom stereocenters. The molecule has 1 aliphatic heterocycles. The first-order chi connectivity index (χ1) is 15.5. The van der Waals surface area contributed by atoms with E-state index in [9.17, 15) is 14.9 Å². The van der Waals surface area contributed by atoms with Crippen molar-refractivity contribution in [2.75, 3.05) is 0 Å². The maximum atomic E-state index is 13.1. The fourth-order valence-electron chi connectivity index (χ4n) is 2.89. The minimum absolute atomic E-state index is 0.0465. The summed E-state index contributed by atoms with van der Waals surface area (Å²) in [5.74, 6) is 0.313. The van der Waals surface area contributed by atoms with Gasteiger partial charge in [-0.3, -0.25) is 19.8 Å². The summed E-state index contributed by atoms with van der Waals surface area (Å²) in [6.45, 7) is 0.191. The fourth-order valence-corrected chi connectivity index (χ4v) is 4.24. The molecule has 0 N–H and O–H groups in total. The minimum Gasteiger partial charge on any atom is -0.467 e. The quantitative estimate of drug-likeness (QED) is 0.189. The number of non-ortho nitro benzene ring substituents is 1. The fraction of sp³-hybridized carbons (Fsp3) is 0.0455. The zero-order valence-electron chi connectivity index (χ0n) is 16.4. The number of amides is 1. The largest absolute Gasteiger partial charge is 0.467 e. The Bertz CT molecular complexity index is 1250. The monoisotopic (exact) mass is 510 g/mol. The highest BCUT2D eigenvalue weighted by Crippen LogP contribution is 2.34. The molecule has 2 aromatic carbocycles. The third-order valence-corrected chi connectivity index (χ3v) is 5.85. The topological polar surface area (TPSA) is 101 Å². The summed E-state index contributed by atoms with van der Waals surface area (Å²) in [6, 6.07) is 17.2. The van der Waals surface area contributed by atoms with E-state index in [2.05, 4.69) is 26.1 Å². The molecule has 3 aromatic rings. The molecule has 2 heterocycles. The third kappa shape index (κ3) is 5.21. The number of nitro benzene ring substituents is 1. The average Bonchev–Trinajstić information content (AvgIpc) is 3.38. The predicted octanol–water partition coefficient (Wildman–Crippen LogP) is 5.46. The SMILES string of the molecule is O=C1/C(=C/c2cccc([N+](=O)[O-])c2)S/C(=N/N=C\c2cccc(Br)c2)N1Cc1ccco1. The lowest BCUT2D eigenvalue weighted by Gasteiger charge is -2.12. The molecule has 1 aliphatic rings. The van der Waals surface area contributed by atoms with Crippen LogP contribution in [0, 0.1) is 10.1 Å². The van der Waals surface area contributed by atoms with Gasteiger partial charge in [0.25, 0.3) is 11.6 Å². The van der Waals surface area contributed by atoms with Gasteiger partial charge in [0.1, 0.15) is 5.76 Å². The molecule has 0 bridgehead atoms. The number of thioether (sulfide) groups is 1. The van der Waals surface area contributed by atoms with Crippen molar-refractivity contribution in [2.24, 2.45) is 10.2 Å². The van der Waals surface area contributed by atoms with Crippen molar-refractivity contribution in [3.63, 3.8) is 0 Å². The molecule has 0 saturated carbocycles. The van der Waals surface area contributed by atoms with E-state index in [0.29, 0.717) is 21.4 Å². The minimum atomic E-state index is -0.474. The molecule has 32 heavy (non-hydrogen) atoms. The second-order valence-corrected chi connectivity index (χ2v) is 8.54. The lowest BCUT2D eigenvalue weighted by molar-refractivity contribution is -0.384. The van der Waals surface area contributed by atoms with Crippen LogP contribution in [0.25, 0.3) is 6.08 Å². The Hall–Kier alpha value is -3.50. The van der Waals surface area contributed by atoms with E-state index in [-0.39, 0.29) is 18.1 Å². The van der Waals surface area contributed by atoms with Crippen molar-refractivity contribution >= 4 is 56.7 Å². The number of hydrogen-bond donors (Lipinski definition) is 0. The number of carbonyl (C=O) groups is 1. The molecule has 160 valence electrons. The summed E-state index contributed by atoms with van der Waals surface area (Å²) in [4.78, 5) is 25.5. The number of nitrogens with zero attached hydrogens (tertiary/aromatic N) is 4. The van der Waals surface area contributed by atoms with Crippen LogP contribution in [0.1, 0.15) is 16.9 Å². The predicted molar refractivity (Wildman–Crippen MR) is 127 cm³/mol. The molecule has 4 rings (SSSR count). The van der Waals surface area contributed by atoms with Crippen LogP contribution in [0.3, 0.4) is 0 Å². The number of furan rings is 1. The first-order valence-corrected chi connectivity index (χ1v) is 11.0. The lowest BCUT2D eigenvalue weighted by atomic mass is 10.2. The number of carbonyl (C=O) groups excluding carboxylic acids is 1. The summed E-state index contributed by atoms with van der Waals surface area (Å²) in [5, 5.41) is 19.8. The first-order valence-electron chi connectivity index (χ1n) is 9.34. The number of rotatable bonds is 6. The molecular weight excluding hydrogens is 496 g/mol. The van der Waals surface area contributed by atoms with Crippen LogP contribution in [0.2, 0.25) is 0 Å². The van der Waals surface area contributed by atoms with Crippen molar-refractivity contribution in [1.29, 1.82) is 0 Å². The van der Waals surface area contributed by atoms with E-state index in [1.807, 2.05) is 24.3 Å². The smallest absolute Gasteiger partial charge is 0.270 e. The molecule has 8 nitrogen and oxygen atoms in total. The van der Waals surface area contributed by atoms with Gasteiger partial charge in [0, 0.05) is 16.6 Å². The van der Waals surface area contributed by atoms with Gasteiger partial charge >= 0.3 is 0 Å². The van der Waals surface area contributed by atoms with Crippen LogP contribution < -0.4 is 0 Å². The van der Waals surface area contributed by atoms with E-state index in [1.54, 1.807) is 36.6 Å². The van der Waals surface area contributed by atoms with Gasteiger partial charge in [0.2, 0.25) is 0 Å². The van der Waals surface area contributed by atoms with Crippen LogP contribution in [0.15, 0.2) is 90.9 Å². The van der Waals surface area contributed by atoms with Gasteiger partial charge in [-0.1, -0.05) is 40.2 Å². The molecule has 1 amide bonds. The zero-order chi connectivity index (χ0) is 22.5. The van der Waals surface area contributed by atoms with Crippen LogP contribution in [0.5, 0.6) is 0 Å². The maximum absolute atomic E-state index is 13.1. The Morgan fingerprint density at radius 3 is 2.69 bits per heavy atom. The van der Waals surface area contributed by atoms with Crippen LogP contribution in [-0.2, 0) is 11.3 Å². The van der Waals surface area contributed by atoms with Crippen LogP contribution >= 0.6 is 27.7 Å². The van der Waals surface area contributed by atoms with Gasteiger partial charge in [-0.2, -0.15) is 5.10 Å². The van der Waals surface area contributed by atoms with E-state index >= 15 is 0 Å². The Morgan fingerprint density at radius 1 is 1.12 bits per heavy atom. The van der Waals surface area contributed by atoms with Crippen LogP contribution in [-0.4, -0.2) is 27.1 Å². The number of hydrogen-bond acceptors (Lipinski definition) is 7. The molecule has 0 spiro atoms. The zero-order valence-corrected chi connectivity index (χ0v) is 18.8. The molecule has 10 heteroatoms. The Labute approximate surface area is 195 Å². The van der Waals surface area contributed by atoms with E-state index in [4.69, 9.17) is 4.42 Å². The standard InChI is InChI=1S/C22H15BrN4O4S/c23-17-6-1-5-16(10-17)13-24-25-22-26(14-19-8-3-9-31-19)21(28)20(32-22)12-15-4-2-7-18(11-15)27(29)30/h1-13H,14H2/b20-12-,24-13-,25-22+. The second kappa shape index (κ2) is 9.75. The molecule has 1 aromatic heterocycles. The highest BCUT2D eigenvalue weighted by Gasteiger charge is 2.34. The second-order valence-electron chi connectivity index (χ2n) is 6.62. The van der Waals surface area contributed by atoms with Crippen LogP contribution in [0.4, 0.5) is 5.69 Å². The van der Waals surface area contributed by atoms with Gasteiger partial charge in [0.15, 0.2) is 5.17 Å². The van der Waals surface area contributed by atoms with Crippen molar-refractivity contribution in [2.45, 2.75) is 6.54 Å². The molecule has 1 saturated heterocycles. The maximum Gasteiger partial charge on any atom is 0.270 e. The Balaban J connectivity index is 1.63. The summed E-state index contributed by atoms with van der Waals surface area (Å²) in [7, 11) is 0. The molecule has 1 fully saturated rings. The summed E-state index contributed by atoms with van der Waals surface area (Å²) >= 11 is 4.56. The van der Waals surface area contributed by atoms with Crippen molar-refractivity contribution in [3.05, 3.63) is 103 Å². The molecule has 0 aliphatic carbocycles. The molecule has 0 radical (unpaired) electrons. The summed E-state index contributed by atoms with van der Waals surface area (Å²) in [5.41, 5.74) is 1.35. The van der Waals surface area contributed by atoms with E-state index < -0.39 is 4.92 Å². The summed E-state index contributed by atoms with van der Waals surface area (Å²) < 4.78 is 6.30. The van der Waals surface area contributed by atoms with Crippen molar-refractivity contribution in [3.8, 4) is 0 Å². The first kappa shape index (κ1) is 21.7. The number of halogens is 1. The highest BCUT2D eigenvalue weighted by atomic mass is 79.9. The Kier molecular flexibility index (Phi) is 6.62. The van der Waals surface area contributed by atoms with Crippen molar-refractivity contribution in [1.82, 2.24) is 4.90 Å². The Morgan fingerprint density at radius 2 is 1.94 bits per heavy atom. The highest BCUT2D eigenvalue weighted by molar-refractivity contribution is 9.10. The normalized spacial score (nSPS) is 16.5. The van der Waals surface area contributed by atoms with Gasteiger partial charge in [-0.25, -0.2) is 0 Å². The van der Waals surface area contributed by atoms with Gasteiger partial charge in [0.05, 0.1) is 28.9 Å². The number of benzene rings is 2. The average molecular weight is 511 g/mol. The number of amidine groups is 1. The molecular formula is C22H15BrN4O4S. The van der Waals surface area contributed by atoms with E-state index in [0.717, 1.165) is 21.8 Å². The van der Waals surface area contributed by atoms with Crippen molar-refractivity contribution < 1.29 is 14.1 Å². The van der Waals surface area contributed by atoms with E-state index in [1.165, 1.54) is 23.3 Å². The number of nitro groups is 1.